The summed E-state index contributed by atoms with van der Waals surface area (Å²) in [6.45, 7) is 0.763. The van der Waals surface area contributed by atoms with Crippen molar-refractivity contribution in [3.63, 3.8) is 0 Å². The molecule has 0 atom stereocenters. The molecular weight excluding hydrogens is 1920 g/mol. The van der Waals surface area contributed by atoms with Gasteiger partial charge in [0, 0.05) is 112 Å². The van der Waals surface area contributed by atoms with Gasteiger partial charge in [0.1, 0.15) is 258 Å². The van der Waals surface area contributed by atoms with Crippen molar-refractivity contribution in [3.8, 4) is 178 Å². The van der Waals surface area contributed by atoms with E-state index in [2.05, 4.69) is 0 Å². The smallest absolute Gasteiger partial charge is 0.123 e. The molecule has 0 radical (unpaired) electrons. The first-order chi connectivity index (χ1) is 71.7. The minimum atomic E-state index is -0.144. The number of hydrogen-bond acceptors (Lipinski definition) is 33. The molecule has 0 aliphatic heterocycles. The van der Waals surface area contributed by atoms with Crippen LogP contribution in [0.1, 0.15) is 94.6 Å². The van der Waals surface area contributed by atoms with Gasteiger partial charge in [-0.05, 0) is 302 Å². The predicted octanol–water partition coefficient (Wildman–Crippen LogP) is 20.7. The summed E-state index contributed by atoms with van der Waals surface area (Å²) in [7, 11) is 3.17. The van der Waals surface area contributed by atoms with Crippen molar-refractivity contribution >= 4 is 0 Å². The summed E-state index contributed by atoms with van der Waals surface area (Å²) in [5, 5.41) is 183. The van der Waals surface area contributed by atoms with Gasteiger partial charge in [-0.3, -0.25) is 0 Å². The minimum absolute atomic E-state index is 0.00131. The van der Waals surface area contributed by atoms with E-state index in [9.17, 15) is 91.9 Å². The lowest BCUT2D eigenvalue weighted by Gasteiger charge is -2.16. The van der Waals surface area contributed by atoms with E-state index in [1.807, 2.05) is 18.2 Å². The number of phenolic OH excluding ortho intramolecular Hbond substituents is 18. The number of hydrogen-bond donors (Lipinski definition) is 18. The Balaban J connectivity index is 0.000000294. The number of rotatable bonds is 47. The average molecular weight is 2030 g/mol. The Morgan fingerprint density at radius 2 is 0.235 bits per heavy atom. The van der Waals surface area contributed by atoms with E-state index in [-0.39, 0.29) is 202 Å². The molecule has 0 saturated heterocycles. The number of aromatic hydroxyl groups is 18. The van der Waals surface area contributed by atoms with E-state index in [0.29, 0.717) is 167 Å². The van der Waals surface area contributed by atoms with E-state index in [1.165, 1.54) is 164 Å². The topological polar surface area (TPSA) is 503 Å². The number of phenols is 18. The largest absolute Gasteiger partial charge is 0.508 e. The number of ether oxygens (including phenoxy) is 15. The number of aryl methyl sites for hydroxylation is 2. The van der Waals surface area contributed by atoms with E-state index in [0.717, 1.165) is 22.3 Å². The summed E-state index contributed by atoms with van der Waals surface area (Å²) in [4.78, 5) is 0. The zero-order chi connectivity index (χ0) is 105. The van der Waals surface area contributed by atoms with Crippen molar-refractivity contribution in [2.75, 3.05) is 20.8 Å². The van der Waals surface area contributed by atoms with Crippen molar-refractivity contribution in [2.24, 2.45) is 0 Å². The van der Waals surface area contributed by atoms with Crippen molar-refractivity contribution < 1.29 is 163 Å². The molecule has 0 bridgehead atoms. The highest BCUT2D eigenvalue weighted by Gasteiger charge is 2.19. The van der Waals surface area contributed by atoms with Gasteiger partial charge in [0.25, 0.3) is 0 Å². The highest BCUT2D eigenvalue weighted by Crippen LogP contribution is 2.39. The molecule has 0 aliphatic carbocycles. The predicted molar refractivity (Wildman–Crippen MR) is 543 cm³/mol. The SMILES string of the molecule is COCc1cc(CCc2cc(O)cc(O)c2)cc(OCc2cc(O)cc(OCc3cc(O)cc(OCc4cc(O)cc(O)c4)c3)c2)c1.COCc1cc(OCc2cc(O)cc(OCc3cc(O)cc(OCCc4cc(O)cc(O)c4)c3)c2)cc(OCc2cc(OCc3cc(O)cc(OCc4cc(O)cc(O)c4)c3)cc(OCc3cc(O)cc(OCc4cc(OCc5cc(O)cc(O)c5)cc(OCc5cc(O)cc(O)c5)c4)c3)c2)c1. The molecule has 0 spiro atoms. The molecule has 149 heavy (non-hydrogen) atoms. The van der Waals surface area contributed by atoms with E-state index in [1.54, 1.807) is 123 Å². The first kappa shape index (κ1) is 105. The first-order valence-electron chi connectivity index (χ1n) is 46.5. The van der Waals surface area contributed by atoms with Crippen molar-refractivity contribution in [2.45, 2.75) is 112 Å². The lowest BCUT2D eigenvalue weighted by molar-refractivity contribution is 0.183. The number of benzene rings is 16. The summed E-state index contributed by atoms with van der Waals surface area (Å²) in [5.74, 6) is 3.32. The van der Waals surface area contributed by atoms with Crippen LogP contribution in [-0.4, -0.2) is 113 Å². The van der Waals surface area contributed by atoms with Gasteiger partial charge in [0.2, 0.25) is 0 Å². The Labute approximate surface area is 855 Å². The quantitative estimate of drug-likeness (QED) is 0.0168. The highest BCUT2D eigenvalue weighted by atomic mass is 16.5. The fourth-order valence-corrected chi connectivity index (χ4v) is 16.0. The second-order valence-corrected chi connectivity index (χ2v) is 35.0. The van der Waals surface area contributed by atoms with Gasteiger partial charge in [0.15, 0.2) is 0 Å². The van der Waals surface area contributed by atoms with E-state index >= 15 is 0 Å². The fraction of sp³-hybridized carbons (Fsp3) is 0.172. The third-order valence-corrected chi connectivity index (χ3v) is 22.2. The third kappa shape index (κ3) is 33.4. The average Bonchev–Trinajstić information content (AvgIpc) is 0.835. The Bertz CT molecular complexity index is 7140. The maximum Gasteiger partial charge on any atom is 0.123 e. The highest BCUT2D eigenvalue weighted by molar-refractivity contribution is 5.51. The van der Waals surface area contributed by atoms with Crippen LogP contribution in [0.15, 0.2) is 291 Å². The first-order valence-corrected chi connectivity index (χ1v) is 46.5. The zero-order valence-electron chi connectivity index (χ0n) is 80.6. The van der Waals surface area contributed by atoms with Crippen LogP contribution in [0.2, 0.25) is 0 Å². The molecule has 33 nitrogen and oxygen atoms in total. The van der Waals surface area contributed by atoms with Crippen LogP contribution in [0.4, 0.5) is 0 Å². The lowest BCUT2D eigenvalue weighted by Crippen LogP contribution is -2.03. The molecule has 0 aliphatic rings. The van der Waals surface area contributed by atoms with Crippen LogP contribution >= 0.6 is 0 Å². The van der Waals surface area contributed by atoms with Crippen molar-refractivity contribution in [3.05, 3.63) is 386 Å². The van der Waals surface area contributed by atoms with Crippen LogP contribution in [0.3, 0.4) is 0 Å². The Kier molecular flexibility index (Phi) is 35.1. The van der Waals surface area contributed by atoms with Crippen LogP contribution in [-0.2, 0) is 121 Å². The van der Waals surface area contributed by atoms with Crippen LogP contribution in [0.25, 0.3) is 0 Å². The van der Waals surface area contributed by atoms with Gasteiger partial charge in [-0.15, -0.1) is 0 Å². The Morgan fingerprint density at radius 1 is 0.114 bits per heavy atom. The lowest BCUT2D eigenvalue weighted by atomic mass is 10.0. The van der Waals surface area contributed by atoms with Gasteiger partial charge < -0.3 is 163 Å². The van der Waals surface area contributed by atoms with Crippen LogP contribution in [0, 0.1) is 0 Å². The van der Waals surface area contributed by atoms with E-state index < -0.39 is 0 Å². The molecular formula is C116H108O33. The van der Waals surface area contributed by atoms with Gasteiger partial charge in [-0.25, -0.2) is 0 Å². The molecule has 0 heterocycles. The standard InChI is InChI=1S/C79H72O23.C37H36O10/c1-92-37-55-20-74(99-42-53-14-68(90)32-72(18-53)95-41-51-12-66(88)30-70(16-51)93-3-2-47-4-58(80)26-59(81)5-47)34-75(21-55)102-46-57-24-78(100-43-52-13-67(89)31-71(17-52)94-38-48-6-60(82)27-61(83)7-48)36-79(25-57)101-44-54-15-69(91)33-73(19-54)96-45-56-22-76(97-39-49-8-62(84)28-63(85)9-49)35-77(23-56)98-40-50-10-64(86)29-65(87)11-50;1-44-19-25-4-23(2-3-24-5-29(38)15-30(39)6-24)11-35(12-25)45-21-27-9-33(42)18-37(13-27)47-22-28-10-34(43)17-36(14-28)46-20-26-7-31(40)16-32(41)8-26/h4-36,80-91H,2-3,37-46H2,1H3;4-18,38-43H,2-3,19-22H2,1H3. The van der Waals surface area contributed by atoms with Gasteiger partial charge in [-0.2, -0.15) is 0 Å². The fourth-order valence-electron chi connectivity index (χ4n) is 16.0. The Hall–Kier alpha value is -18.8. The second-order valence-electron chi connectivity index (χ2n) is 35.0. The molecule has 18 N–H and O–H groups in total. The van der Waals surface area contributed by atoms with Gasteiger partial charge in [0.05, 0.1) is 19.8 Å². The van der Waals surface area contributed by atoms with Crippen LogP contribution < -0.4 is 61.6 Å². The summed E-state index contributed by atoms with van der Waals surface area (Å²) >= 11 is 0. The summed E-state index contributed by atoms with van der Waals surface area (Å²) in [6.07, 6.45) is 1.62. The normalized spacial score (nSPS) is 11.0. The van der Waals surface area contributed by atoms with E-state index in [4.69, 9.17) is 71.1 Å². The summed E-state index contributed by atoms with van der Waals surface area (Å²) < 4.78 is 90.5. The van der Waals surface area contributed by atoms with Gasteiger partial charge in [-0.1, -0.05) is 6.07 Å². The number of methoxy groups -OCH3 is 2. The maximum absolute atomic E-state index is 11.0. The molecule has 0 saturated carbocycles. The van der Waals surface area contributed by atoms with Crippen molar-refractivity contribution in [1.29, 1.82) is 0 Å². The van der Waals surface area contributed by atoms with Crippen molar-refractivity contribution in [1.82, 2.24) is 0 Å². The monoisotopic (exact) mass is 2030 g/mol. The second kappa shape index (κ2) is 50.0. The molecule has 0 fully saturated rings. The van der Waals surface area contributed by atoms with Crippen LogP contribution in [0.5, 0.6) is 178 Å². The molecule has 0 amide bonds. The molecule has 0 unspecified atom stereocenters. The summed E-state index contributed by atoms with van der Waals surface area (Å²) in [5.41, 5.74) is 10.8. The molecule has 770 valence electrons. The summed E-state index contributed by atoms with van der Waals surface area (Å²) in [6, 6.07) is 74.8. The molecule has 0 aromatic heterocycles. The molecule has 16 aromatic carbocycles. The molecule has 33 heteroatoms. The third-order valence-electron chi connectivity index (χ3n) is 22.2. The zero-order valence-corrected chi connectivity index (χ0v) is 80.6. The minimum Gasteiger partial charge on any atom is -0.508 e. The maximum atomic E-state index is 11.0. The molecule has 16 rings (SSSR count). The molecule has 16 aromatic rings. The van der Waals surface area contributed by atoms with Gasteiger partial charge >= 0.3 is 0 Å². The Morgan fingerprint density at radius 3 is 0.430 bits per heavy atom.